The van der Waals surface area contributed by atoms with Crippen molar-refractivity contribution in [2.45, 2.75) is 0 Å². The summed E-state index contributed by atoms with van der Waals surface area (Å²) in [5, 5.41) is 13.3. The Morgan fingerprint density at radius 1 is 1.78 bits per heavy atom. The number of amides is 1. The quantitative estimate of drug-likeness (QED) is 0.571. The van der Waals surface area contributed by atoms with Gasteiger partial charge in [-0.25, -0.2) is 0 Å². The molecule has 0 aliphatic rings. The SMILES string of the molecule is NC(=O)c1conc1[O]. The molecular formula is C4H3N2O3. The molecule has 0 aromatic carbocycles. The van der Waals surface area contributed by atoms with E-state index in [-0.39, 0.29) is 5.56 Å². The summed E-state index contributed by atoms with van der Waals surface area (Å²) >= 11 is 0. The third kappa shape index (κ3) is 0.835. The van der Waals surface area contributed by atoms with Crippen LogP contribution in [0.5, 0.6) is 5.88 Å². The summed E-state index contributed by atoms with van der Waals surface area (Å²) < 4.78 is 4.14. The smallest absolute Gasteiger partial charge is 0.321 e. The fourth-order valence-corrected chi connectivity index (χ4v) is 0.390. The molecule has 1 radical (unpaired) electrons. The number of hydrogen-bond donors (Lipinski definition) is 1. The van der Waals surface area contributed by atoms with Gasteiger partial charge in [-0.05, 0) is 5.16 Å². The average Bonchev–Trinajstić information content (AvgIpc) is 2.13. The standard InChI is InChI=1S/C4H3N2O3/c5-3(7)2-1-9-6-4(2)8/h1H,(H2,5,7). The van der Waals surface area contributed by atoms with Gasteiger partial charge in [0.15, 0.2) is 0 Å². The van der Waals surface area contributed by atoms with Crippen LogP contribution in [0.4, 0.5) is 0 Å². The first-order valence-corrected chi connectivity index (χ1v) is 2.13. The van der Waals surface area contributed by atoms with Crippen molar-refractivity contribution in [3.05, 3.63) is 11.8 Å². The number of aromatic nitrogens is 1. The van der Waals surface area contributed by atoms with Gasteiger partial charge in [-0.15, -0.1) is 0 Å². The molecule has 5 heteroatoms. The number of rotatable bonds is 1. The minimum atomic E-state index is -0.818. The zero-order chi connectivity index (χ0) is 6.85. The Kier molecular flexibility index (Phi) is 1.11. The van der Waals surface area contributed by atoms with Gasteiger partial charge in [0.2, 0.25) is 0 Å². The van der Waals surface area contributed by atoms with Crippen molar-refractivity contribution in [2.75, 3.05) is 0 Å². The van der Waals surface area contributed by atoms with E-state index in [1.165, 1.54) is 0 Å². The Hall–Kier alpha value is -1.52. The lowest BCUT2D eigenvalue weighted by molar-refractivity contribution is 0.0996. The molecule has 2 N–H and O–H groups in total. The predicted molar refractivity (Wildman–Crippen MR) is 25.2 cm³/mol. The Morgan fingerprint density at radius 3 is 2.67 bits per heavy atom. The van der Waals surface area contributed by atoms with Crippen LogP contribution < -0.4 is 5.73 Å². The Balaban J connectivity index is 3.08. The van der Waals surface area contributed by atoms with E-state index in [0.717, 1.165) is 6.26 Å². The van der Waals surface area contributed by atoms with Crippen LogP contribution in [0.25, 0.3) is 0 Å². The van der Waals surface area contributed by atoms with Gasteiger partial charge in [0.05, 0.1) is 0 Å². The Bertz CT molecular complexity index is 229. The molecule has 0 unspecified atom stereocenters. The second-order valence-corrected chi connectivity index (χ2v) is 1.40. The maximum absolute atomic E-state index is 10.4. The van der Waals surface area contributed by atoms with Gasteiger partial charge in [0.1, 0.15) is 11.8 Å². The van der Waals surface area contributed by atoms with Crippen molar-refractivity contribution >= 4 is 5.91 Å². The van der Waals surface area contributed by atoms with Crippen LogP contribution in [-0.4, -0.2) is 11.1 Å². The highest BCUT2D eigenvalue weighted by Crippen LogP contribution is 2.11. The fraction of sp³-hybridized carbons (Fsp3) is 0. The Labute approximate surface area is 50.1 Å². The third-order valence-corrected chi connectivity index (χ3v) is 0.802. The molecule has 1 amide bonds. The van der Waals surface area contributed by atoms with Crippen LogP contribution in [-0.2, 0) is 5.11 Å². The van der Waals surface area contributed by atoms with E-state index in [4.69, 9.17) is 5.73 Å². The summed E-state index contributed by atoms with van der Waals surface area (Å²) in [5.41, 5.74) is 4.51. The minimum absolute atomic E-state index is 0.213. The number of hydrogen-bond acceptors (Lipinski definition) is 3. The van der Waals surface area contributed by atoms with Gasteiger partial charge in [0.25, 0.3) is 5.91 Å². The summed E-state index contributed by atoms with van der Waals surface area (Å²) in [4.78, 5) is 10.2. The molecule has 47 valence electrons. The lowest BCUT2D eigenvalue weighted by Gasteiger charge is -1.79. The molecule has 9 heavy (non-hydrogen) atoms. The molecule has 0 saturated heterocycles. The summed E-state index contributed by atoms with van der Waals surface area (Å²) in [5.74, 6) is -1.54. The molecule has 0 bridgehead atoms. The highest BCUT2D eigenvalue weighted by molar-refractivity contribution is 5.94. The van der Waals surface area contributed by atoms with Crippen molar-refractivity contribution in [3.8, 4) is 5.88 Å². The van der Waals surface area contributed by atoms with Crippen LogP contribution >= 0.6 is 0 Å². The van der Waals surface area contributed by atoms with Gasteiger partial charge in [-0.3, -0.25) is 9.90 Å². The molecule has 5 nitrogen and oxygen atoms in total. The largest absolute Gasteiger partial charge is 0.365 e. The molecule has 0 spiro atoms. The van der Waals surface area contributed by atoms with Gasteiger partial charge in [-0.1, -0.05) is 0 Å². The normalized spacial score (nSPS) is 9.33. The van der Waals surface area contributed by atoms with Crippen molar-refractivity contribution < 1.29 is 14.4 Å². The van der Waals surface area contributed by atoms with Crippen molar-refractivity contribution in [1.29, 1.82) is 0 Å². The molecule has 1 rings (SSSR count). The number of primary amides is 1. The number of nitrogens with zero attached hydrogens (tertiary/aromatic N) is 1. The first-order valence-electron chi connectivity index (χ1n) is 2.13. The van der Waals surface area contributed by atoms with E-state index in [0.29, 0.717) is 0 Å². The van der Waals surface area contributed by atoms with Crippen LogP contribution in [0, 0.1) is 0 Å². The Morgan fingerprint density at radius 2 is 2.44 bits per heavy atom. The molecular weight excluding hydrogens is 124 g/mol. The maximum atomic E-state index is 10.4. The third-order valence-electron chi connectivity index (χ3n) is 0.802. The van der Waals surface area contributed by atoms with E-state index < -0.39 is 11.8 Å². The fourth-order valence-electron chi connectivity index (χ4n) is 0.390. The van der Waals surface area contributed by atoms with Crippen LogP contribution in [0.15, 0.2) is 10.8 Å². The topological polar surface area (TPSA) is 89.0 Å². The first kappa shape index (κ1) is 5.61. The van der Waals surface area contributed by atoms with Gasteiger partial charge in [0, 0.05) is 0 Å². The monoisotopic (exact) mass is 127 g/mol. The van der Waals surface area contributed by atoms with Gasteiger partial charge < -0.3 is 10.3 Å². The molecule has 0 aliphatic carbocycles. The zero-order valence-electron chi connectivity index (χ0n) is 4.33. The van der Waals surface area contributed by atoms with E-state index >= 15 is 0 Å². The van der Waals surface area contributed by atoms with Crippen molar-refractivity contribution in [1.82, 2.24) is 5.16 Å². The van der Waals surface area contributed by atoms with Crippen molar-refractivity contribution in [2.24, 2.45) is 5.73 Å². The molecule has 1 aromatic heterocycles. The average molecular weight is 127 g/mol. The number of carbonyl (C=O) groups excluding carboxylic acids is 1. The van der Waals surface area contributed by atoms with E-state index in [9.17, 15) is 9.90 Å². The summed E-state index contributed by atoms with van der Waals surface area (Å²) in [6, 6.07) is 0. The second-order valence-electron chi connectivity index (χ2n) is 1.40. The second kappa shape index (κ2) is 1.77. The van der Waals surface area contributed by atoms with E-state index in [1.54, 1.807) is 0 Å². The molecule has 0 aliphatic heterocycles. The lowest BCUT2D eigenvalue weighted by Crippen LogP contribution is -2.09. The lowest BCUT2D eigenvalue weighted by atomic mass is 10.3. The van der Waals surface area contributed by atoms with E-state index in [2.05, 4.69) is 9.68 Å². The van der Waals surface area contributed by atoms with Gasteiger partial charge in [-0.2, -0.15) is 0 Å². The molecule has 1 aromatic rings. The first-order chi connectivity index (χ1) is 4.22. The summed E-state index contributed by atoms with van der Waals surface area (Å²) in [7, 11) is 0. The predicted octanol–water partition coefficient (Wildman–Crippen LogP) is -0.0827. The van der Waals surface area contributed by atoms with Crippen molar-refractivity contribution in [3.63, 3.8) is 0 Å². The number of nitrogens with two attached hydrogens (primary N) is 1. The molecule has 0 saturated carbocycles. The highest BCUT2D eigenvalue weighted by Gasteiger charge is 2.12. The zero-order valence-corrected chi connectivity index (χ0v) is 4.33. The maximum Gasteiger partial charge on any atom is 0.321 e. The summed E-state index contributed by atoms with van der Waals surface area (Å²) in [6.07, 6.45) is 0.921. The molecule has 0 atom stereocenters. The number of carbonyl (C=O) groups is 1. The highest BCUT2D eigenvalue weighted by atomic mass is 16.5. The molecule has 0 fully saturated rings. The van der Waals surface area contributed by atoms with Gasteiger partial charge >= 0.3 is 5.88 Å². The minimum Gasteiger partial charge on any atom is -0.365 e. The van der Waals surface area contributed by atoms with Crippen LogP contribution in [0.2, 0.25) is 0 Å². The van der Waals surface area contributed by atoms with E-state index in [1.807, 2.05) is 0 Å². The molecule has 1 heterocycles. The summed E-state index contributed by atoms with van der Waals surface area (Å²) in [6.45, 7) is 0. The van der Waals surface area contributed by atoms with Crippen LogP contribution in [0.3, 0.4) is 0 Å². The van der Waals surface area contributed by atoms with Crippen LogP contribution in [0.1, 0.15) is 10.4 Å².